The average Bonchev–Trinajstić information content (AvgIpc) is 2.31. The highest BCUT2D eigenvalue weighted by molar-refractivity contribution is 5.58. The number of alkyl halides is 3. The molecule has 0 radical (unpaired) electrons. The number of nitrogens with one attached hydrogen (secondary N) is 1. The fraction of sp³-hybridized carbons (Fsp3) is 0.167. The second kappa shape index (κ2) is 4.64. The first kappa shape index (κ1) is 12.3. The van der Waals surface area contributed by atoms with Gasteiger partial charge >= 0.3 is 6.18 Å². The molecule has 0 spiro atoms. The van der Waals surface area contributed by atoms with E-state index in [1.165, 1.54) is 18.5 Å². The smallest absolute Gasteiger partial charge is 0.339 e. The molecular formula is C12H10F3N3. The number of rotatable bonds is 2. The third-order valence-corrected chi connectivity index (χ3v) is 2.33. The molecule has 0 amide bonds. The van der Waals surface area contributed by atoms with Crippen LogP contribution in [0.3, 0.4) is 0 Å². The van der Waals surface area contributed by atoms with Crippen LogP contribution in [0.2, 0.25) is 0 Å². The molecule has 94 valence electrons. The highest BCUT2D eigenvalue weighted by Crippen LogP contribution is 2.31. The number of anilines is 2. The van der Waals surface area contributed by atoms with E-state index in [2.05, 4.69) is 15.3 Å². The van der Waals surface area contributed by atoms with Gasteiger partial charge in [-0.15, -0.1) is 0 Å². The molecule has 0 saturated heterocycles. The molecule has 1 heterocycles. The number of hydrogen-bond acceptors (Lipinski definition) is 3. The molecule has 0 saturated carbocycles. The molecule has 2 rings (SSSR count). The van der Waals surface area contributed by atoms with Gasteiger partial charge in [0.25, 0.3) is 0 Å². The van der Waals surface area contributed by atoms with Crippen LogP contribution >= 0.6 is 0 Å². The number of nitrogens with zero attached hydrogens (tertiary/aromatic N) is 2. The monoisotopic (exact) mass is 253 g/mol. The van der Waals surface area contributed by atoms with Gasteiger partial charge in [0.05, 0.1) is 11.3 Å². The number of hydrogen-bond donors (Lipinski definition) is 1. The van der Waals surface area contributed by atoms with Crippen molar-refractivity contribution in [2.24, 2.45) is 0 Å². The Morgan fingerprint density at radius 1 is 1.11 bits per heavy atom. The van der Waals surface area contributed by atoms with Crippen LogP contribution in [0, 0.1) is 6.92 Å². The molecule has 0 aliphatic heterocycles. The first-order chi connectivity index (χ1) is 8.47. The van der Waals surface area contributed by atoms with Gasteiger partial charge in [-0.25, -0.2) is 4.98 Å². The van der Waals surface area contributed by atoms with Crippen LogP contribution in [0.5, 0.6) is 0 Å². The molecule has 6 heteroatoms. The maximum absolute atomic E-state index is 12.5. The number of aromatic nitrogens is 2. The summed E-state index contributed by atoms with van der Waals surface area (Å²) in [6, 6.07) is 4.95. The van der Waals surface area contributed by atoms with Crippen molar-refractivity contribution in [1.29, 1.82) is 0 Å². The lowest BCUT2D eigenvalue weighted by Crippen LogP contribution is -2.05. The van der Waals surface area contributed by atoms with Crippen LogP contribution in [0.1, 0.15) is 11.3 Å². The zero-order chi connectivity index (χ0) is 13.2. The van der Waals surface area contributed by atoms with Crippen LogP contribution in [0.25, 0.3) is 0 Å². The van der Waals surface area contributed by atoms with Crippen LogP contribution in [-0.4, -0.2) is 9.97 Å². The van der Waals surface area contributed by atoms with Crippen molar-refractivity contribution < 1.29 is 13.2 Å². The summed E-state index contributed by atoms with van der Waals surface area (Å²) in [6.07, 6.45) is -1.36. The molecule has 2 aromatic rings. The summed E-state index contributed by atoms with van der Waals surface area (Å²) in [5.41, 5.74) is 0.248. The van der Waals surface area contributed by atoms with E-state index in [0.717, 1.165) is 12.1 Å². The van der Waals surface area contributed by atoms with Crippen LogP contribution in [0.15, 0.2) is 36.7 Å². The Kier molecular flexibility index (Phi) is 3.18. The molecule has 1 N–H and O–H groups in total. The lowest BCUT2D eigenvalue weighted by Gasteiger charge is -2.10. The highest BCUT2D eigenvalue weighted by Gasteiger charge is 2.30. The largest absolute Gasteiger partial charge is 0.416 e. The van der Waals surface area contributed by atoms with Gasteiger partial charge in [-0.2, -0.15) is 13.2 Å². The Morgan fingerprint density at radius 3 is 2.50 bits per heavy atom. The van der Waals surface area contributed by atoms with Gasteiger partial charge in [0.2, 0.25) is 0 Å². The molecule has 18 heavy (non-hydrogen) atoms. The maximum atomic E-state index is 12.5. The van der Waals surface area contributed by atoms with E-state index < -0.39 is 11.7 Å². The average molecular weight is 253 g/mol. The van der Waals surface area contributed by atoms with Crippen molar-refractivity contribution in [2.45, 2.75) is 13.1 Å². The first-order valence-corrected chi connectivity index (χ1v) is 5.19. The molecule has 0 bridgehead atoms. The lowest BCUT2D eigenvalue weighted by atomic mass is 10.2. The Bertz CT molecular complexity index is 552. The van der Waals surface area contributed by atoms with E-state index in [-0.39, 0.29) is 0 Å². The molecule has 0 aliphatic carbocycles. The molecule has 3 nitrogen and oxygen atoms in total. The topological polar surface area (TPSA) is 37.8 Å². The minimum absolute atomic E-state index is 0.327. The summed E-state index contributed by atoms with van der Waals surface area (Å²) in [4.78, 5) is 8.01. The van der Waals surface area contributed by atoms with Gasteiger partial charge < -0.3 is 5.32 Å². The third-order valence-electron chi connectivity index (χ3n) is 2.33. The van der Waals surface area contributed by atoms with Crippen molar-refractivity contribution in [2.75, 3.05) is 5.32 Å². The van der Waals surface area contributed by atoms with E-state index in [9.17, 15) is 13.2 Å². The van der Waals surface area contributed by atoms with E-state index in [1.54, 1.807) is 13.0 Å². The van der Waals surface area contributed by atoms with Crippen molar-refractivity contribution in [3.63, 3.8) is 0 Å². The zero-order valence-corrected chi connectivity index (χ0v) is 9.49. The second-order valence-corrected chi connectivity index (χ2v) is 3.69. The molecule has 0 atom stereocenters. The number of halogens is 3. The predicted molar refractivity (Wildman–Crippen MR) is 61.5 cm³/mol. The van der Waals surface area contributed by atoms with Gasteiger partial charge in [-0.3, -0.25) is 4.98 Å². The predicted octanol–water partition coefficient (Wildman–Crippen LogP) is 3.55. The number of aryl methyl sites for hydroxylation is 1. The normalized spacial score (nSPS) is 11.3. The second-order valence-electron chi connectivity index (χ2n) is 3.69. The summed E-state index contributed by atoms with van der Waals surface area (Å²) >= 11 is 0. The first-order valence-electron chi connectivity index (χ1n) is 5.19. The van der Waals surface area contributed by atoms with E-state index in [0.29, 0.717) is 17.2 Å². The van der Waals surface area contributed by atoms with Crippen molar-refractivity contribution in [3.05, 3.63) is 47.9 Å². The van der Waals surface area contributed by atoms with Gasteiger partial charge in [0, 0.05) is 18.1 Å². The molecular weight excluding hydrogens is 243 g/mol. The standard InChI is InChI=1S/C12H10F3N3/c1-8-11(17-6-5-16-8)18-10-4-2-3-9(7-10)12(13,14)15/h2-7H,1H3,(H,17,18). The Hall–Kier alpha value is -2.11. The molecule has 1 aromatic heterocycles. The summed E-state index contributed by atoms with van der Waals surface area (Å²) in [6.45, 7) is 1.73. The van der Waals surface area contributed by atoms with Gasteiger partial charge in [-0.1, -0.05) is 6.07 Å². The van der Waals surface area contributed by atoms with E-state index in [1.807, 2.05) is 0 Å². The Balaban J connectivity index is 2.28. The SMILES string of the molecule is Cc1nccnc1Nc1cccc(C(F)(F)F)c1. The third kappa shape index (κ3) is 2.77. The van der Waals surface area contributed by atoms with Crippen LogP contribution in [0.4, 0.5) is 24.7 Å². The van der Waals surface area contributed by atoms with Crippen molar-refractivity contribution in [3.8, 4) is 0 Å². The fourth-order valence-corrected chi connectivity index (χ4v) is 1.44. The van der Waals surface area contributed by atoms with E-state index >= 15 is 0 Å². The van der Waals surface area contributed by atoms with Gasteiger partial charge in [0.1, 0.15) is 0 Å². The number of benzene rings is 1. The summed E-state index contributed by atoms with van der Waals surface area (Å²) in [5, 5.41) is 2.81. The van der Waals surface area contributed by atoms with Crippen molar-refractivity contribution in [1.82, 2.24) is 9.97 Å². The van der Waals surface area contributed by atoms with Crippen LogP contribution < -0.4 is 5.32 Å². The van der Waals surface area contributed by atoms with Crippen LogP contribution in [-0.2, 0) is 6.18 Å². The maximum Gasteiger partial charge on any atom is 0.416 e. The summed E-state index contributed by atoms with van der Waals surface area (Å²) in [5.74, 6) is 0.442. The van der Waals surface area contributed by atoms with E-state index in [4.69, 9.17) is 0 Å². The molecule has 0 aliphatic rings. The molecule has 1 aromatic carbocycles. The summed E-state index contributed by atoms with van der Waals surface area (Å²) < 4.78 is 37.6. The highest BCUT2D eigenvalue weighted by atomic mass is 19.4. The Labute approximate surface area is 102 Å². The fourth-order valence-electron chi connectivity index (χ4n) is 1.44. The quantitative estimate of drug-likeness (QED) is 0.889. The molecule has 0 unspecified atom stereocenters. The minimum atomic E-state index is -4.35. The van der Waals surface area contributed by atoms with Gasteiger partial charge in [-0.05, 0) is 25.1 Å². The summed E-state index contributed by atoms with van der Waals surface area (Å²) in [7, 11) is 0. The zero-order valence-electron chi connectivity index (χ0n) is 9.49. The lowest BCUT2D eigenvalue weighted by molar-refractivity contribution is -0.137. The van der Waals surface area contributed by atoms with Crippen molar-refractivity contribution >= 4 is 11.5 Å². The van der Waals surface area contributed by atoms with Gasteiger partial charge in [0.15, 0.2) is 5.82 Å². The minimum Gasteiger partial charge on any atom is -0.339 e. The molecule has 0 fully saturated rings. The Morgan fingerprint density at radius 2 is 1.83 bits per heavy atom.